The van der Waals surface area contributed by atoms with Crippen molar-refractivity contribution in [2.45, 2.75) is 46.1 Å². The SMILES string of the molecule is CCc1cccc(-c2cnc(C(=O)N3CCN(CC4CCN(CC)CC4)CC3)c(NC(=O)CNCc3cnn(C)c3)c2)c1.O=CN1CCN(C(=O)c2cc(Cc3n[nH]c(=O)c4ccccc34)ccc2F)CC1. The van der Waals surface area contributed by atoms with Crippen LogP contribution in [0.5, 0.6) is 0 Å². The topological polar surface area (TPSA) is 185 Å². The molecule has 18 heteroatoms. The second kappa shape index (κ2) is 24.3. The highest BCUT2D eigenvalue weighted by molar-refractivity contribution is 6.03. The van der Waals surface area contributed by atoms with E-state index in [1.165, 1.54) is 43.6 Å². The molecule has 0 saturated carbocycles. The summed E-state index contributed by atoms with van der Waals surface area (Å²) in [6, 6.07) is 21.7. The van der Waals surface area contributed by atoms with Gasteiger partial charge in [-0.2, -0.15) is 10.2 Å². The van der Waals surface area contributed by atoms with E-state index in [0.717, 1.165) is 67.0 Å². The van der Waals surface area contributed by atoms with Crippen LogP contribution in [0.3, 0.4) is 0 Å². The number of aryl methyl sites for hydroxylation is 2. The van der Waals surface area contributed by atoms with Gasteiger partial charge in [-0.25, -0.2) is 14.5 Å². The normalized spacial score (nSPS) is 15.8. The highest BCUT2D eigenvalue weighted by Gasteiger charge is 2.29. The maximum atomic E-state index is 14.4. The summed E-state index contributed by atoms with van der Waals surface area (Å²) in [6.07, 6.45) is 9.96. The molecule has 3 saturated heterocycles. The van der Waals surface area contributed by atoms with Crippen molar-refractivity contribution in [2.24, 2.45) is 13.0 Å². The molecule has 0 radical (unpaired) electrons. The van der Waals surface area contributed by atoms with Crippen molar-refractivity contribution in [3.63, 3.8) is 0 Å². The molecule has 6 aromatic rings. The number of likely N-dealkylation sites (tertiary alicyclic amines) is 1. The lowest BCUT2D eigenvalue weighted by atomic mass is 9.96. The molecule has 0 spiro atoms. The molecular weight excluding hydrogens is 916 g/mol. The van der Waals surface area contributed by atoms with E-state index in [0.29, 0.717) is 74.6 Å². The van der Waals surface area contributed by atoms with Crippen molar-refractivity contribution in [3.05, 3.63) is 141 Å². The van der Waals surface area contributed by atoms with Gasteiger partial charge in [-0.05, 0) is 85.8 Å². The Morgan fingerprint density at radius 2 is 1.51 bits per heavy atom. The number of halogens is 1. The van der Waals surface area contributed by atoms with E-state index >= 15 is 0 Å². The molecule has 3 aromatic heterocycles. The Morgan fingerprint density at radius 1 is 0.778 bits per heavy atom. The number of pyridine rings is 1. The molecule has 3 aliphatic heterocycles. The molecule has 0 unspecified atom stereocenters. The molecule has 72 heavy (non-hydrogen) atoms. The fourth-order valence-electron chi connectivity index (χ4n) is 9.62. The molecule has 4 amide bonds. The van der Waals surface area contributed by atoms with Crippen LogP contribution < -0.4 is 16.2 Å². The first kappa shape index (κ1) is 51.2. The molecule has 3 aliphatic rings. The van der Waals surface area contributed by atoms with Crippen molar-refractivity contribution in [3.8, 4) is 11.1 Å². The molecule has 3 N–H and O–H groups in total. The van der Waals surface area contributed by atoms with Gasteiger partial charge in [-0.3, -0.25) is 33.6 Å². The molecule has 9 rings (SSSR count). The van der Waals surface area contributed by atoms with Gasteiger partial charge in [-0.1, -0.05) is 62.4 Å². The Bertz CT molecular complexity index is 2900. The number of aromatic nitrogens is 5. The van der Waals surface area contributed by atoms with E-state index in [-0.39, 0.29) is 35.2 Å². The van der Waals surface area contributed by atoms with Gasteiger partial charge in [0.15, 0.2) is 5.69 Å². The zero-order valence-electron chi connectivity index (χ0n) is 41.5. The van der Waals surface area contributed by atoms with Gasteiger partial charge >= 0.3 is 0 Å². The van der Waals surface area contributed by atoms with Gasteiger partial charge in [0.1, 0.15) is 5.82 Å². The van der Waals surface area contributed by atoms with Gasteiger partial charge in [0, 0.05) is 108 Å². The average Bonchev–Trinajstić information content (AvgIpc) is 3.84. The van der Waals surface area contributed by atoms with Crippen LogP contribution >= 0.6 is 0 Å². The summed E-state index contributed by atoms with van der Waals surface area (Å²) < 4.78 is 16.1. The van der Waals surface area contributed by atoms with Gasteiger partial charge in [0.2, 0.25) is 12.3 Å². The molecule has 0 atom stereocenters. The number of hydrogen-bond acceptors (Lipinski definition) is 11. The lowest BCUT2D eigenvalue weighted by molar-refractivity contribution is -0.119. The van der Waals surface area contributed by atoms with Gasteiger partial charge in [0.05, 0.1) is 35.1 Å². The number of piperidine rings is 1. The van der Waals surface area contributed by atoms with E-state index < -0.39 is 11.7 Å². The third kappa shape index (κ3) is 13.0. The largest absolute Gasteiger partial charge is 0.342 e. The second-order valence-electron chi connectivity index (χ2n) is 18.8. The van der Waals surface area contributed by atoms with Crippen LogP contribution in [0.15, 0.2) is 96.2 Å². The number of amides is 4. The van der Waals surface area contributed by atoms with Gasteiger partial charge in [0.25, 0.3) is 17.4 Å². The minimum atomic E-state index is -0.587. The fourth-order valence-corrected chi connectivity index (χ4v) is 9.62. The average molecular weight is 981 g/mol. The highest BCUT2D eigenvalue weighted by atomic mass is 19.1. The number of hydrogen-bond donors (Lipinski definition) is 3. The summed E-state index contributed by atoms with van der Waals surface area (Å²) in [5.41, 5.74) is 5.91. The predicted octanol–water partition coefficient (Wildman–Crippen LogP) is 4.83. The lowest BCUT2D eigenvalue weighted by Gasteiger charge is -2.38. The zero-order valence-corrected chi connectivity index (χ0v) is 41.5. The molecular formula is C54H65FN12O5. The number of fused-ring (bicyclic) bond motifs is 1. The monoisotopic (exact) mass is 981 g/mol. The summed E-state index contributed by atoms with van der Waals surface area (Å²) in [5, 5.41) is 18.2. The summed E-state index contributed by atoms with van der Waals surface area (Å²) in [6.45, 7) is 14.3. The van der Waals surface area contributed by atoms with E-state index in [4.69, 9.17) is 0 Å². The van der Waals surface area contributed by atoms with Gasteiger partial charge in [-0.15, -0.1) is 0 Å². The van der Waals surface area contributed by atoms with Crippen molar-refractivity contribution >= 4 is 40.6 Å². The Kier molecular flexibility index (Phi) is 17.3. The summed E-state index contributed by atoms with van der Waals surface area (Å²) in [5.74, 6) is -0.606. The number of carbonyl (C=O) groups is 4. The molecule has 378 valence electrons. The zero-order chi connectivity index (χ0) is 50.6. The smallest absolute Gasteiger partial charge is 0.274 e. The van der Waals surface area contributed by atoms with Crippen LogP contribution in [0.2, 0.25) is 0 Å². The number of carbonyl (C=O) groups excluding carboxylic acids is 4. The lowest BCUT2D eigenvalue weighted by Crippen LogP contribution is -2.50. The fraction of sp³-hybridized carbons (Fsp3) is 0.407. The highest BCUT2D eigenvalue weighted by Crippen LogP contribution is 2.27. The Morgan fingerprint density at radius 3 is 2.22 bits per heavy atom. The van der Waals surface area contributed by atoms with Crippen LogP contribution in [0.4, 0.5) is 10.1 Å². The Labute approximate surface area is 419 Å². The summed E-state index contributed by atoms with van der Waals surface area (Å²) in [7, 11) is 1.86. The van der Waals surface area contributed by atoms with E-state index in [2.05, 4.69) is 66.7 Å². The molecule has 17 nitrogen and oxygen atoms in total. The van der Waals surface area contributed by atoms with Crippen molar-refractivity contribution in [1.82, 2.24) is 54.8 Å². The number of nitrogens with one attached hydrogen (secondary N) is 3. The van der Waals surface area contributed by atoms with Crippen LogP contribution in [0, 0.1) is 11.7 Å². The molecule has 3 fully saturated rings. The number of piperazine rings is 2. The summed E-state index contributed by atoms with van der Waals surface area (Å²) in [4.78, 5) is 77.1. The first-order valence-corrected chi connectivity index (χ1v) is 25.0. The van der Waals surface area contributed by atoms with Gasteiger partial charge < -0.3 is 30.2 Å². The Hall–Kier alpha value is -7.15. The number of nitrogens with zero attached hydrogens (tertiary/aromatic N) is 9. The molecule has 3 aromatic carbocycles. The van der Waals surface area contributed by atoms with E-state index in [1.54, 1.807) is 45.1 Å². The second-order valence-corrected chi connectivity index (χ2v) is 18.8. The maximum Gasteiger partial charge on any atom is 0.274 e. The molecule has 0 aliphatic carbocycles. The Balaban J connectivity index is 0.000000208. The quantitative estimate of drug-likeness (QED) is 0.120. The number of anilines is 1. The number of aromatic amines is 1. The number of rotatable bonds is 15. The molecule has 6 heterocycles. The predicted molar refractivity (Wildman–Crippen MR) is 275 cm³/mol. The van der Waals surface area contributed by atoms with Crippen LogP contribution in [-0.2, 0) is 36.0 Å². The summed E-state index contributed by atoms with van der Waals surface area (Å²) >= 11 is 0. The van der Waals surface area contributed by atoms with Crippen molar-refractivity contribution in [1.29, 1.82) is 0 Å². The number of H-pyrrole nitrogens is 1. The van der Waals surface area contributed by atoms with Crippen molar-refractivity contribution in [2.75, 3.05) is 90.4 Å². The first-order valence-electron chi connectivity index (χ1n) is 25.0. The van der Waals surface area contributed by atoms with Crippen LogP contribution in [0.25, 0.3) is 21.9 Å². The van der Waals surface area contributed by atoms with Crippen LogP contribution in [0.1, 0.15) is 69.9 Å². The third-order valence-electron chi connectivity index (χ3n) is 13.9. The van der Waals surface area contributed by atoms with Crippen molar-refractivity contribution < 1.29 is 23.6 Å². The first-order chi connectivity index (χ1) is 35.0. The maximum absolute atomic E-state index is 14.4. The third-order valence-corrected chi connectivity index (χ3v) is 13.9. The minimum Gasteiger partial charge on any atom is -0.342 e. The number of benzene rings is 3. The molecule has 0 bridgehead atoms. The standard InChI is InChI=1S/C33H46N8O2.C21H19FN4O3/c1-4-25-7-6-8-28(17-25)29-18-30(37-31(42)22-34-19-27-20-36-38(3)23-27)32(35-21-29)33(43)41-15-13-40(14-16-41)24-26-9-11-39(5-2)12-10-26;22-18-6-5-14(11-17(18)21(29)26-9-7-25(13-27)8-10-26)12-19-15-3-1-2-4-16(15)20(28)24-23-19/h6-8,17-18,20-21,23,26,34H,4-5,9-16,19,22,24H2,1-3H3,(H,37,42);1-6,11,13H,7-10,12H2,(H,24,28). The van der Waals surface area contributed by atoms with E-state index in [9.17, 15) is 28.4 Å². The van der Waals surface area contributed by atoms with Crippen LogP contribution in [-0.4, -0.2) is 159 Å². The van der Waals surface area contributed by atoms with E-state index in [1.807, 2.05) is 48.5 Å². The minimum absolute atomic E-state index is 0.00390.